The van der Waals surface area contributed by atoms with Crippen molar-refractivity contribution in [2.45, 2.75) is 57.9 Å². The van der Waals surface area contributed by atoms with Crippen molar-refractivity contribution in [1.82, 2.24) is 9.80 Å². The summed E-state index contributed by atoms with van der Waals surface area (Å²) in [7, 11) is 0. The molecule has 0 aromatic carbocycles. The molecule has 1 aromatic heterocycles. The van der Waals surface area contributed by atoms with Crippen LogP contribution < -0.4 is 0 Å². The zero-order valence-corrected chi connectivity index (χ0v) is 15.4. The third-order valence-corrected chi connectivity index (χ3v) is 6.29. The van der Waals surface area contributed by atoms with Crippen molar-refractivity contribution in [3.05, 3.63) is 22.4 Å². The fourth-order valence-corrected chi connectivity index (χ4v) is 4.83. The first kappa shape index (κ1) is 17.5. The zero-order chi connectivity index (χ0) is 16.9. The van der Waals surface area contributed by atoms with E-state index in [9.17, 15) is 9.59 Å². The number of hydrogen-bond acceptors (Lipinski definition) is 3. The summed E-state index contributed by atoms with van der Waals surface area (Å²) < 4.78 is 0. The fourth-order valence-electron chi connectivity index (χ4n) is 4.14. The summed E-state index contributed by atoms with van der Waals surface area (Å²) in [5.74, 6) is 0.334. The Morgan fingerprint density at radius 2 is 2.00 bits per heavy atom. The Morgan fingerprint density at radius 3 is 2.67 bits per heavy atom. The molecule has 2 aliphatic rings. The molecule has 2 heterocycles. The highest BCUT2D eigenvalue weighted by atomic mass is 32.1. The first-order valence-corrected chi connectivity index (χ1v) is 10.2. The van der Waals surface area contributed by atoms with Gasteiger partial charge in [0.1, 0.15) is 0 Å². The van der Waals surface area contributed by atoms with Gasteiger partial charge >= 0.3 is 0 Å². The van der Waals surface area contributed by atoms with Gasteiger partial charge in [0.2, 0.25) is 5.91 Å². The Labute approximate surface area is 148 Å². The molecule has 1 unspecified atom stereocenters. The molecule has 24 heavy (non-hydrogen) atoms. The lowest BCUT2D eigenvalue weighted by atomic mass is 9.91. The Balaban J connectivity index is 1.64. The molecule has 3 rings (SSSR count). The smallest absolute Gasteiger partial charge is 0.263 e. The van der Waals surface area contributed by atoms with Crippen LogP contribution >= 0.6 is 11.3 Å². The number of amides is 2. The molecule has 132 valence electrons. The summed E-state index contributed by atoms with van der Waals surface area (Å²) in [6.45, 7) is 4.23. The quantitative estimate of drug-likeness (QED) is 0.831. The van der Waals surface area contributed by atoms with Gasteiger partial charge in [-0.05, 0) is 44.1 Å². The van der Waals surface area contributed by atoms with Crippen molar-refractivity contribution in [3.8, 4) is 0 Å². The van der Waals surface area contributed by atoms with Crippen LogP contribution in [0.15, 0.2) is 17.5 Å². The van der Waals surface area contributed by atoms with E-state index in [4.69, 9.17) is 0 Å². The van der Waals surface area contributed by atoms with Gasteiger partial charge in [-0.3, -0.25) is 9.59 Å². The maximum Gasteiger partial charge on any atom is 0.263 e. The van der Waals surface area contributed by atoms with Gasteiger partial charge in [-0.2, -0.15) is 0 Å². The molecule has 1 saturated carbocycles. The number of likely N-dealkylation sites (tertiary alicyclic amines) is 1. The van der Waals surface area contributed by atoms with Gasteiger partial charge in [0.25, 0.3) is 5.91 Å². The fraction of sp³-hybridized carbons (Fsp3) is 0.684. The molecular formula is C19H28N2O2S. The van der Waals surface area contributed by atoms with Gasteiger partial charge in [0.05, 0.1) is 10.8 Å². The summed E-state index contributed by atoms with van der Waals surface area (Å²) in [6.07, 6.45) is 7.90. The van der Waals surface area contributed by atoms with Gasteiger partial charge < -0.3 is 9.80 Å². The number of hydrogen-bond donors (Lipinski definition) is 0. The summed E-state index contributed by atoms with van der Waals surface area (Å²) in [6, 6.07) is 4.20. The average molecular weight is 349 g/mol. The molecule has 0 radical (unpaired) electrons. The minimum Gasteiger partial charge on any atom is -0.340 e. The van der Waals surface area contributed by atoms with E-state index in [2.05, 4.69) is 11.8 Å². The predicted molar refractivity (Wildman–Crippen MR) is 97.2 cm³/mol. The number of thiophene rings is 1. The normalized spacial score (nSPS) is 22.4. The molecule has 2 fully saturated rings. The number of nitrogens with zero attached hydrogens (tertiary/aromatic N) is 2. The van der Waals surface area contributed by atoms with Crippen molar-refractivity contribution >= 4 is 23.2 Å². The lowest BCUT2D eigenvalue weighted by Gasteiger charge is -2.39. The minimum atomic E-state index is -0.0236. The lowest BCUT2D eigenvalue weighted by Crippen LogP contribution is -2.49. The molecule has 1 saturated heterocycles. The van der Waals surface area contributed by atoms with Crippen molar-refractivity contribution in [1.29, 1.82) is 0 Å². The molecule has 1 aliphatic heterocycles. The number of carbonyl (C=O) groups excluding carboxylic acids is 2. The van der Waals surface area contributed by atoms with E-state index in [0.29, 0.717) is 12.6 Å². The molecule has 1 aliphatic carbocycles. The van der Waals surface area contributed by atoms with E-state index in [0.717, 1.165) is 43.6 Å². The molecule has 5 heteroatoms. The predicted octanol–water partition coefficient (Wildman–Crippen LogP) is 3.78. The van der Waals surface area contributed by atoms with Crippen LogP contribution in [-0.4, -0.2) is 47.3 Å². The monoisotopic (exact) mass is 348 g/mol. The van der Waals surface area contributed by atoms with Crippen LogP contribution in [-0.2, 0) is 4.79 Å². The van der Waals surface area contributed by atoms with Crippen molar-refractivity contribution < 1.29 is 9.59 Å². The Morgan fingerprint density at radius 1 is 1.21 bits per heavy atom. The van der Waals surface area contributed by atoms with Crippen molar-refractivity contribution in [2.24, 2.45) is 5.92 Å². The maximum absolute atomic E-state index is 13.1. The summed E-state index contributed by atoms with van der Waals surface area (Å²) in [5, 5.41) is 1.93. The molecular weight excluding hydrogens is 320 g/mol. The highest BCUT2D eigenvalue weighted by Crippen LogP contribution is 2.27. The second-order valence-electron chi connectivity index (χ2n) is 6.98. The SMILES string of the molecule is CCN(C(=O)C1CCCN(C(=O)c2cccs2)C1)C1CCCCC1. The highest BCUT2D eigenvalue weighted by molar-refractivity contribution is 7.12. The second kappa shape index (κ2) is 8.15. The van der Waals surface area contributed by atoms with E-state index >= 15 is 0 Å². The highest BCUT2D eigenvalue weighted by Gasteiger charge is 2.34. The van der Waals surface area contributed by atoms with Gasteiger partial charge in [0, 0.05) is 25.7 Å². The first-order valence-electron chi connectivity index (χ1n) is 9.34. The van der Waals surface area contributed by atoms with Crippen LogP contribution in [0.3, 0.4) is 0 Å². The van der Waals surface area contributed by atoms with E-state index in [1.165, 1.54) is 30.6 Å². The summed E-state index contributed by atoms with van der Waals surface area (Å²) in [4.78, 5) is 30.4. The van der Waals surface area contributed by atoms with E-state index in [1.807, 2.05) is 22.4 Å². The molecule has 0 spiro atoms. The van der Waals surface area contributed by atoms with Crippen LogP contribution in [0.1, 0.15) is 61.5 Å². The maximum atomic E-state index is 13.1. The van der Waals surface area contributed by atoms with Crippen LogP contribution in [0.25, 0.3) is 0 Å². The molecule has 0 N–H and O–H groups in total. The van der Waals surface area contributed by atoms with Gasteiger partial charge in [-0.1, -0.05) is 25.3 Å². The molecule has 1 atom stereocenters. The van der Waals surface area contributed by atoms with Crippen molar-refractivity contribution in [2.75, 3.05) is 19.6 Å². The van der Waals surface area contributed by atoms with Crippen LogP contribution in [0.4, 0.5) is 0 Å². The third-order valence-electron chi connectivity index (χ3n) is 5.43. The zero-order valence-electron chi connectivity index (χ0n) is 14.6. The largest absolute Gasteiger partial charge is 0.340 e. The molecule has 1 aromatic rings. The van der Waals surface area contributed by atoms with E-state index in [-0.39, 0.29) is 17.7 Å². The molecule has 0 bridgehead atoms. The third kappa shape index (κ3) is 3.82. The molecule has 2 amide bonds. The first-order chi connectivity index (χ1) is 11.7. The Kier molecular flexibility index (Phi) is 5.93. The van der Waals surface area contributed by atoms with Gasteiger partial charge in [-0.25, -0.2) is 0 Å². The number of piperidine rings is 1. The van der Waals surface area contributed by atoms with Crippen LogP contribution in [0.2, 0.25) is 0 Å². The van der Waals surface area contributed by atoms with E-state index < -0.39 is 0 Å². The summed E-state index contributed by atoms with van der Waals surface area (Å²) >= 11 is 1.48. The average Bonchev–Trinajstić information content (AvgIpc) is 3.17. The topological polar surface area (TPSA) is 40.6 Å². The Hall–Kier alpha value is -1.36. The van der Waals surface area contributed by atoms with Gasteiger partial charge in [0.15, 0.2) is 0 Å². The summed E-state index contributed by atoms with van der Waals surface area (Å²) in [5.41, 5.74) is 0. The van der Waals surface area contributed by atoms with Crippen molar-refractivity contribution in [3.63, 3.8) is 0 Å². The van der Waals surface area contributed by atoms with Gasteiger partial charge in [-0.15, -0.1) is 11.3 Å². The van der Waals surface area contributed by atoms with E-state index in [1.54, 1.807) is 0 Å². The van der Waals surface area contributed by atoms with Crippen LogP contribution in [0, 0.1) is 5.92 Å². The Bertz CT molecular complexity index is 552. The number of carbonyl (C=O) groups is 2. The van der Waals surface area contributed by atoms with Crippen LogP contribution in [0.5, 0.6) is 0 Å². The second-order valence-corrected chi connectivity index (χ2v) is 7.93. The minimum absolute atomic E-state index is 0.0236. The molecule has 4 nitrogen and oxygen atoms in total. The number of rotatable bonds is 4. The lowest BCUT2D eigenvalue weighted by molar-refractivity contribution is -0.139. The standard InChI is InChI=1S/C19H28N2O2S/c1-2-21(16-9-4-3-5-10-16)18(22)15-8-6-12-20(14-15)19(23)17-11-7-13-24-17/h7,11,13,15-16H,2-6,8-10,12,14H2,1H3.